The molecule has 0 atom stereocenters. The normalized spacial score (nSPS) is 10.3. The van der Waals surface area contributed by atoms with Crippen molar-refractivity contribution >= 4 is 5.78 Å². The molecule has 4 nitrogen and oxygen atoms in total. The molecular weight excluding hydrogens is 228 g/mol. The van der Waals surface area contributed by atoms with Crippen LogP contribution in [0.5, 0.6) is 5.75 Å². The van der Waals surface area contributed by atoms with Crippen LogP contribution >= 0.6 is 0 Å². The highest BCUT2D eigenvalue weighted by atomic mass is 16.5. The first-order valence-corrected chi connectivity index (χ1v) is 5.80. The maximum absolute atomic E-state index is 12.0. The quantitative estimate of drug-likeness (QED) is 0.805. The maximum atomic E-state index is 12.0. The second-order valence-electron chi connectivity index (χ2n) is 4.23. The lowest BCUT2D eigenvalue weighted by Gasteiger charge is -2.06. The van der Waals surface area contributed by atoms with Crippen molar-refractivity contribution in [3.8, 4) is 5.75 Å². The lowest BCUT2D eigenvalue weighted by Crippen LogP contribution is -2.07. The Bertz CT molecular complexity index is 546. The van der Waals surface area contributed by atoms with Gasteiger partial charge in [-0.25, -0.2) is 0 Å². The number of nitrogens with zero attached hydrogens (tertiary/aromatic N) is 2. The van der Waals surface area contributed by atoms with Crippen LogP contribution in [0.15, 0.2) is 36.7 Å². The predicted molar refractivity (Wildman–Crippen MR) is 68.6 cm³/mol. The number of methoxy groups -OCH3 is 1. The third-order valence-corrected chi connectivity index (χ3v) is 2.74. The van der Waals surface area contributed by atoms with Gasteiger partial charge < -0.3 is 4.74 Å². The zero-order valence-electron chi connectivity index (χ0n) is 10.6. The van der Waals surface area contributed by atoms with E-state index >= 15 is 0 Å². The average Bonchev–Trinajstić information content (AvgIpc) is 2.75. The molecule has 1 heterocycles. The van der Waals surface area contributed by atoms with Gasteiger partial charge in [0.05, 0.1) is 13.3 Å². The van der Waals surface area contributed by atoms with Gasteiger partial charge in [-0.2, -0.15) is 5.10 Å². The van der Waals surface area contributed by atoms with Crippen molar-refractivity contribution in [2.24, 2.45) is 7.05 Å². The van der Waals surface area contributed by atoms with Gasteiger partial charge in [-0.1, -0.05) is 18.2 Å². The second-order valence-corrected chi connectivity index (χ2v) is 4.23. The number of hydrogen-bond donors (Lipinski definition) is 0. The van der Waals surface area contributed by atoms with Crippen molar-refractivity contribution in [2.75, 3.05) is 7.11 Å². The molecule has 1 aromatic heterocycles. The summed E-state index contributed by atoms with van der Waals surface area (Å²) in [5.41, 5.74) is 1.87. The third kappa shape index (κ3) is 2.97. The topological polar surface area (TPSA) is 44.1 Å². The molecule has 0 saturated carbocycles. The van der Waals surface area contributed by atoms with E-state index in [4.69, 9.17) is 4.74 Å². The fourth-order valence-corrected chi connectivity index (χ4v) is 1.91. The van der Waals surface area contributed by atoms with Gasteiger partial charge in [0, 0.05) is 31.6 Å². The molecule has 0 N–H and O–H groups in total. The Morgan fingerprint density at radius 2 is 2.11 bits per heavy atom. The van der Waals surface area contributed by atoms with E-state index in [1.807, 2.05) is 37.5 Å². The lowest BCUT2D eigenvalue weighted by molar-refractivity contribution is -0.117. The monoisotopic (exact) mass is 244 g/mol. The molecule has 1 aromatic carbocycles. The van der Waals surface area contributed by atoms with Crippen molar-refractivity contribution in [3.05, 3.63) is 47.8 Å². The van der Waals surface area contributed by atoms with Gasteiger partial charge in [0.15, 0.2) is 0 Å². The molecule has 0 fully saturated rings. The Hall–Kier alpha value is -2.10. The number of ketones is 1. The highest BCUT2D eigenvalue weighted by Gasteiger charge is 2.09. The number of para-hydroxylation sites is 1. The SMILES string of the molecule is COc1ccccc1CC(=O)Cc1cnn(C)c1. The molecule has 0 aliphatic carbocycles. The van der Waals surface area contributed by atoms with Crippen LogP contribution < -0.4 is 4.74 Å². The Labute approximate surface area is 106 Å². The third-order valence-electron chi connectivity index (χ3n) is 2.74. The van der Waals surface area contributed by atoms with Crippen molar-refractivity contribution < 1.29 is 9.53 Å². The number of hydrogen-bond acceptors (Lipinski definition) is 3. The van der Waals surface area contributed by atoms with E-state index in [0.717, 1.165) is 16.9 Å². The van der Waals surface area contributed by atoms with E-state index in [1.54, 1.807) is 18.0 Å². The first kappa shape index (κ1) is 12.4. The minimum absolute atomic E-state index is 0.160. The smallest absolute Gasteiger partial charge is 0.141 e. The first-order valence-electron chi connectivity index (χ1n) is 5.80. The molecule has 0 spiro atoms. The molecular formula is C14H16N2O2. The van der Waals surface area contributed by atoms with Gasteiger partial charge in [0.2, 0.25) is 0 Å². The van der Waals surface area contributed by atoms with Crippen molar-refractivity contribution in [1.29, 1.82) is 0 Å². The van der Waals surface area contributed by atoms with Crippen LogP contribution in [0.25, 0.3) is 0 Å². The Balaban J connectivity index is 2.03. The predicted octanol–water partition coefficient (Wildman–Crippen LogP) is 1.78. The van der Waals surface area contributed by atoms with Gasteiger partial charge in [-0.15, -0.1) is 0 Å². The minimum Gasteiger partial charge on any atom is -0.496 e. The van der Waals surface area contributed by atoms with Gasteiger partial charge in [-0.05, 0) is 11.6 Å². The van der Waals surface area contributed by atoms with E-state index in [1.165, 1.54) is 0 Å². The summed E-state index contributed by atoms with van der Waals surface area (Å²) < 4.78 is 6.93. The van der Waals surface area contributed by atoms with Crippen LogP contribution in [0.4, 0.5) is 0 Å². The number of aromatic nitrogens is 2. The first-order chi connectivity index (χ1) is 8.69. The highest BCUT2D eigenvalue weighted by Crippen LogP contribution is 2.18. The van der Waals surface area contributed by atoms with E-state index in [-0.39, 0.29) is 5.78 Å². The van der Waals surface area contributed by atoms with Crippen LogP contribution in [0.2, 0.25) is 0 Å². The van der Waals surface area contributed by atoms with E-state index in [0.29, 0.717) is 12.8 Å². The number of carbonyl (C=O) groups is 1. The Morgan fingerprint density at radius 1 is 1.33 bits per heavy atom. The standard InChI is InChI=1S/C14H16N2O2/c1-16-10-11(9-15-16)7-13(17)8-12-5-3-4-6-14(12)18-2/h3-6,9-10H,7-8H2,1-2H3. The molecule has 0 amide bonds. The summed E-state index contributed by atoms with van der Waals surface area (Å²) in [6, 6.07) is 7.59. The van der Waals surface area contributed by atoms with Crippen LogP contribution in [-0.2, 0) is 24.7 Å². The van der Waals surface area contributed by atoms with E-state index in [9.17, 15) is 4.79 Å². The Kier molecular flexibility index (Phi) is 3.77. The lowest BCUT2D eigenvalue weighted by atomic mass is 10.0. The molecule has 18 heavy (non-hydrogen) atoms. The van der Waals surface area contributed by atoms with Gasteiger partial charge in [-0.3, -0.25) is 9.48 Å². The van der Waals surface area contributed by atoms with Crippen molar-refractivity contribution in [1.82, 2.24) is 9.78 Å². The zero-order chi connectivity index (χ0) is 13.0. The Morgan fingerprint density at radius 3 is 2.78 bits per heavy atom. The fraction of sp³-hybridized carbons (Fsp3) is 0.286. The van der Waals surface area contributed by atoms with Gasteiger partial charge >= 0.3 is 0 Å². The summed E-state index contributed by atoms with van der Waals surface area (Å²) in [4.78, 5) is 12.0. The van der Waals surface area contributed by atoms with Crippen molar-refractivity contribution in [2.45, 2.75) is 12.8 Å². The summed E-state index contributed by atoms with van der Waals surface area (Å²) in [7, 11) is 3.46. The molecule has 0 radical (unpaired) electrons. The summed E-state index contributed by atoms with van der Waals surface area (Å²) in [5.74, 6) is 0.921. The largest absolute Gasteiger partial charge is 0.496 e. The number of aryl methyl sites for hydroxylation is 1. The van der Waals surface area contributed by atoms with Gasteiger partial charge in [0.1, 0.15) is 11.5 Å². The summed E-state index contributed by atoms with van der Waals surface area (Å²) in [6.07, 6.45) is 4.38. The molecule has 94 valence electrons. The second kappa shape index (κ2) is 5.49. The maximum Gasteiger partial charge on any atom is 0.141 e. The fourth-order valence-electron chi connectivity index (χ4n) is 1.91. The molecule has 0 aliphatic heterocycles. The van der Waals surface area contributed by atoms with Crippen molar-refractivity contribution in [3.63, 3.8) is 0 Å². The molecule has 0 saturated heterocycles. The molecule has 0 unspecified atom stereocenters. The van der Waals surface area contributed by atoms with E-state index < -0.39 is 0 Å². The summed E-state index contributed by atoms with van der Waals surface area (Å²) >= 11 is 0. The van der Waals surface area contributed by atoms with Crippen LogP contribution in [-0.4, -0.2) is 22.7 Å². The number of ether oxygens (including phenoxy) is 1. The highest BCUT2D eigenvalue weighted by molar-refractivity contribution is 5.83. The number of Topliss-reactive ketones (excluding diaryl/α,β-unsaturated/α-hetero) is 1. The summed E-state index contributed by atoms with van der Waals surface area (Å²) in [6.45, 7) is 0. The summed E-state index contributed by atoms with van der Waals surface area (Å²) in [5, 5.41) is 4.05. The minimum atomic E-state index is 0.160. The number of benzene rings is 1. The van der Waals surface area contributed by atoms with Crippen LogP contribution in [0.3, 0.4) is 0 Å². The number of rotatable bonds is 5. The molecule has 4 heteroatoms. The average molecular weight is 244 g/mol. The molecule has 2 aromatic rings. The molecule has 0 bridgehead atoms. The van der Waals surface area contributed by atoms with E-state index in [2.05, 4.69) is 5.10 Å². The number of carbonyl (C=O) groups excluding carboxylic acids is 1. The molecule has 0 aliphatic rings. The van der Waals surface area contributed by atoms with Crippen LogP contribution in [0, 0.1) is 0 Å². The van der Waals surface area contributed by atoms with Crippen LogP contribution in [0.1, 0.15) is 11.1 Å². The molecule has 2 rings (SSSR count). The van der Waals surface area contributed by atoms with Gasteiger partial charge in [0.25, 0.3) is 0 Å². The zero-order valence-corrected chi connectivity index (χ0v) is 10.6.